The van der Waals surface area contributed by atoms with E-state index in [2.05, 4.69) is 0 Å². The zero-order chi connectivity index (χ0) is 12.7. The molecule has 0 fully saturated rings. The highest BCUT2D eigenvalue weighted by molar-refractivity contribution is 6.04. The fraction of sp³-hybridized carbons (Fsp3) is 0.333. The van der Waals surface area contributed by atoms with E-state index in [0.29, 0.717) is 12.0 Å². The molecule has 90 valence electrons. The second-order valence-electron chi connectivity index (χ2n) is 4.28. The Balaban J connectivity index is 2.51. The first kappa shape index (κ1) is 13.4. The van der Waals surface area contributed by atoms with Gasteiger partial charge in [-0.25, -0.2) is 0 Å². The van der Waals surface area contributed by atoms with E-state index in [1.807, 2.05) is 37.3 Å². The van der Waals surface area contributed by atoms with E-state index in [9.17, 15) is 9.59 Å². The quantitative estimate of drug-likeness (QED) is 0.553. The lowest BCUT2D eigenvalue weighted by Gasteiger charge is -2.00. The summed E-state index contributed by atoms with van der Waals surface area (Å²) in [5.41, 5.74) is 1.73. The largest absolute Gasteiger partial charge is 0.300 e. The molecule has 0 bridgehead atoms. The first-order valence-corrected chi connectivity index (χ1v) is 5.85. The molecular formula is C15H18O2. The van der Waals surface area contributed by atoms with Gasteiger partial charge in [0, 0.05) is 12.0 Å². The Morgan fingerprint density at radius 1 is 1.06 bits per heavy atom. The van der Waals surface area contributed by atoms with Crippen LogP contribution < -0.4 is 0 Å². The van der Waals surface area contributed by atoms with Gasteiger partial charge in [0.25, 0.3) is 0 Å². The lowest BCUT2D eigenvalue weighted by Crippen LogP contribution is -1.96. The number of carbonyl (C=O) groups excluding carboxylic acids is 2. The van der Waals surface area contributed by atoms with Crippen LogP contribution in [0.4, 0.5) is 0 Å². The SMILES string of the molecule is CC(=O)CCC/C(C)=C\C(=O)c1ccccc1. The fourth-order valence-electron chi connectivity index (χ4n) is 1.60. The van der Waals surface area contributed by atoms with E-state index in [0.717, 1.165) is 18.4 Å². The molecule has 1 rings (SSSR count). The molecule has 17 heavy (non-hydrogen) atoms. The van der Waals surface area contributed by atoms with Crippen LogP contribution in [0.2, 0.25) is 0 Å². The van der Waals surface area contributed by atoms with Gasteiger partial charge in [-0.15, -0.1) is 0 Å². The predicted octanol–water partition coefficient (Wildman–Crippen LogP) is 3.57. The van der Waals surface area contributed by atoms with Gasteiger partial charge in [0.15, 0.2) is 5.78 Å². The number of allylic oxidation sites excluding steroid dienone is 2. The van der Waals surface area contributed by atoms with Crippen molar-refractivity contribution >= 4 is 11.6 Å². The number of rotatable bonds is 6. The Morgan fingerprint density at radius 2 is 1.71 bits per heavy atom. The molecule has 0 saturated heterocycles. The Morgan fingerprint density at radius 3 is 2.29 bits per heavy atom. The van der Waals surface area contributed by atoms with Crippen LogP contribution in [0.5, 0.6) is 0 Å². The van der Waals surface area contributed by atoms with Crippen molar-refractivity contribution in [2.45, 2.75) is 33.1 Å². The summed E-state index contributed by atoms with van der Waals surface area (Å²) in [5.74, 6) is 0.234. The van der Waals surface area contributed by atoms with Crippen molar-refractivity contribution in [3.05, 3.63) is 47.5 Å². The summed E-state index contributed by atoms with van der Waals surface area (Å²) < 4.78 is 0. The molecule has 1 aromatic carbocycles. The maximum atomic E-state index is 11.8. The van der Waals surface area contributed by atoms with Crippen molar-refractivity contribution in [1.82, 2.24) is 0 Å². The maximum Gasteiger partial charge on any atom is 0.185 e. The molecule has 2 nitrogen and oxygen atoms in total. The minimum Gasteiger partial charge on any atom is -0.300 e. The van der Waals surface area contributed by atoms with Gasteiger partial charge in [-0.1, -0.05) is 35.9 Å². The molecule has 0 atom stereocenters. The molecule has 1 aromatic rings. The third-order valence-electron chi connectivity index (χ3n) is 2.54. The number of Topliss-reactive ketones (excluding diaryl/α,β-unsaturated/α-hetero) is 1. The van der Waals surface area contributed by atoms with Gasteiger partial charge in [-0.2, -0.15) is 0 Å². The highest BCUT2D eigenvalue weighted by Gasteiger charge is 2.02. The molecule has 0 N–H and O–H groups in total. The molecule has 0 radical (unpaired) electrons. The molecule has 0 aliphatic rings. The summed E-state index contributed by atoms with van der Waals surface area (Å²) >= 11 is 0. The summed E-state index contributed by atoms with van der Waals surface area (Å²) in [6.45, 7) is 3.52. The van der Waals surface area contributed by atoms with Crippen molar-refractivity contribution in [2.75, 3.05) is 0 Å². The average Bonchev–Trinajstić information content (AvgIpc) is 2.29. The van der Waals surface area contributed by atoms with E-state index in [-0.39, 0.29) is 11.6 Å². The van der Waals surface area contributed by atoms with Gasteiger partial charge in [-0.05, 0) is 32.8 Å². The van der Waals surface area contributed by atoms with Gasteiger partial charge >= 0.3 is 0 Å². The predicted molar refractivity (Wildman–Crippen MR) is 69.1 cm³/mol. The maximum absolute atomic E-state index is 11.8. The molecule has 0 aliphatic carbocycles. The van der Waals surface area contributed by atoms with Crippen LogP contribution in [0, 0.1) is 0 Å². The highest BCUT2D eigenvalue weighted by atomic mass is 16.1. The number of ketones is 2. The Labute approximate surface area is 102 Å². The molecule has 2 heteroatoms. The van der Waals surface area contributed by atoms with Crippen LogP contribution in [0.15, 0.2) is 42.0 Å². The summed E-state index contributed by atoms with van der Waals surface area (Å²) in [4.78, 5) is 22.6. The Kier molecular flexibility index (Phi) is 5.34. The molecule has 0 aliphatic heterocycles. The Bertz CT molecular complexity index is 416. The first-order valence-electron chi connectivity index (χ1n) is 5.85. The van der Waals surface area contributed by atoms with Crippen molar-refractivity contribution in [1.29, 1.82) is 0 Å². The molecule has 0 saturated carbocycles. The lowest BCUT2D eigenvalue weighted by atomic mass is 10.0. The van der Waals surface area contributed by atoms with E-state index in [1.165, 1.54) is 0 Å². The number of carbonyl (C=O) groups is 2. The minimum atomic E-state index is 0.0333. The highest BCUT2D eigenvalue weighted by Crippen LogP contribution is 2.09. The van der Waals surface area contributed by atoms with Gasteiger partial charge in [0.2, 0.25) is 0 Å². The van der Waals surface area contributed by atoms with Gasteiger partial charge < -0.3 is 4.79 Å². The molecule has 0 spiro atoms. The van der Waals surface area contributed by atoms with E-state index in [4.69, 9.17) is 0 Å². The third-order valence-corrected chi connectivity index (χ3v) is 2.54. The minimum absolute atomic E-state index is 0.0333. The van der Waals surface area contributed by atoms with Crippen molar-refractivity contribution in [3.63, 3.8) is 0 Å². The molecule has 0 unspecified atom stereocenters. The molecule has 0 heterocycles. The molecule has 0 amide bonds. The normalized spacial score (nSPS) is 11.3. The van der Waals surface area contributed by atoms with Crippen LogP contribution in [0.1, 0.15) is 43.5 Å². The summed E-state index contributed by atoms with van der Waals surface area (Å²) in [7, 11) is 0. The van der Waals surface area contributed by atoms with Gasteiger partial charge in [0.1, 0.15) is 5.78 Å². The van der Waals surface area contributed by atoms with Crippen molar-refractivity contribution in [3.8, 4) is 0 Å². The van der Waals surface area contributed by atoms with Gasteiger partial charge in [-0.3, -0.25) is 4.79 Å². The lowest BCUT2D eigenvalue weighted by molar-refractivity contribution is -0.117. The second kappa shape index (κ2) is 6.79. The fourth-order valence-corrected chi connectivity index (χ4v) is 1.60. The van der Waals surface area contributed by atoms with Crippen molar-refractivity contribution < 1.29 is 9.59 Å². The third kappa shape index (κ3) is 5.25. The average molecular weight is 230 g/mol. The summed E-state index contributed by atoms with van der Waals surface area (Å²) in [5, 5.41) is 0. The van der Waals surface area contributed by atoms with Crippen LogP contribution in [-0.2, 0) is 4.79 Å². The van der Waals surface area contributed by atoms with Crippen LogP contribution >= 0.6 is 0 Å². The van der Waals surface area contributed by atoms with E-state index >= 15 is 0 Å². The number of benzene rings is 1. The monoisotopic (exact) mass is 230 g/mol. The zero-order valence-electron chi connectivity index (χ0n) is 10.4. The zero-order valence-corrected chi connectivity index (χ0v) is 10.4. The second-order valence-corrected chi connectivity index (χ2v) is 4.28. The first-order chi connectivity index (χ1) is 8.09. The molecule has 0 aromatic heterocycles. The van der Waals surface area contributed by atoms with E-state index in [1.54, 1.807) is 13.0 Å². The van der Waals surface area contributed by atoms with Crippen molar-refractivity contribution in [2.24, 2.45) is 0 Å². The number of hydrogen-bond donors (Lipinski definition) is 0. The van der Waals surface area contributed by atoms with Crippen LogP contribution in [0.25, 0.3) is 0 Å². The Hall–Kier alpha value is -1.70. The standard InChI is InChI=1S/C15H18O2/c1-12(7-6-8-13(2)16)11-15(17)14-9-4-3-5-10-14/h3-5,9-11H,6-8H2,1-2H3/b12-11-. The number of hydrogen-bond acceptors (Lipinski definition) is 2. The smallest absolute Gasteiger partial charge is 0.185 e. The van der Waals surface area contributed by atoms with Crippen LogP contribution in [0.3, 0.4) is 0 Å². The van der Waals surface area contributed by atoms with E-state index < -0.39 is 0 Å². The summed E-state index contributed by atoms with van der Waals surface area (Å²) in [6, 6.07) is 9.21. The topological polar surface area (TPSA) is 34.1 Å². The summed E-state index contributed by atoms with van der Waals surface area (Å²) in [6.07, 6.45) is 3.87. The van der Waals surface area contributed by atoms with Gasteiger partial charge in [0.05, 0.1) is 0 Å². The molecular weight excluding hydrogens is 212 g/mol. The van der Waals surface area contributed by atoms with Crippen LogP contribution in [-0.4, -0.2) is 11.6 Å².